The lowest BCUT2D eigenvalue weighted by Crippen LogP contribution is -2.28. The summed E-state index contributed by atoms with van der Waals surface area (Å²) in [7, 11) is 1.66. The minimum Gasteiger partial charge on any atom is -0.497 e. The number of ether oxygens (including phenoxy) is 1. The van der Waals surface area contributed by atoms with Crippen molar-refractivity contribution >= 4 is 5.91 Å². The standard InChI is InChI=1S/C25H28N4O3/c1-17-14-21(32-2)7-6-18(17)4-3-5-24(31)29-13-10-20(16-29)22-15-23(30)28-25(27-22)19-8-11-26-12-9-19/h6-9,11-12,14-15,20H,3-5,10,13,16H2,1-2H3,(H,27,28,30)/t20-/m0/s1. The molecule has 1 atom stereocenters. The number of methoxy groups -OCH3 is 1. The van der Waals surface area contributed by atoms with Gasteiger partial charge in [-0.1, -0.05) is 6.07 Å². The van der Waals surface area contributed by atoms with E-state index in [4.69, 9.17) is 4.74 Å². The van der Waals surface area contributed by atoms with Crippen molar-refractivity contribution in [2.24, 2.45) is 0 Å². The topological polar surface area (TPSA) is 88.2 Å². The quantitative estimate of drug-likeness (QED) is 0.617. The van der Waals surface area contributed by atoms with Gasteiger partial charge in [-0.3, -0.25) is 14.6 Å². The molecule has 1 saturated heterocycles. The van der Waals surface area contributed by atoms with Crippen LogP contribution < -0.4 is 10.3 Å². The van der Waals surface area contributed by atoms with Crippen LogP contribution in [0.25, 0.3) is 11.4 Å². The van der Waals surface area contributed by atoms with Gasteiger partial charge in [0.2, 0.25) is 5.91 Å². The number of pyridine rings is 1. The van der Waals surface area contributed by atoms with Gasteiger partial charge in [-0.05, 0) is 61.6 Å². The highest BCUT2D eigenvalue weighted by molar-refractivity contribution is 5.76. The zero-order valence-electron chi connectivity index (χ0n) is 18.5. The van der Waals surface area contributed by atoms with Gasteiger partial charge in [-0.2, -0.15) is 0 Å². The zero-order valence-corrected chi connectivity index (χ0v) is 18.5. The summed E-state index contributed by atoms with van der Waals surface area (Å²) < 4.78 is 5.26. The van der Waals surface area contributed by atoms with Crippen LogP contribution in [0, 0.1) is 6.92 Å². The van der Waals surface area contributed by atoms with E-state index in [-0.39, 0.29) is 17.4 Å². The summed E-state index contributed by atoms with van der Waals surface area (Å²) in [5.74, 6) is 1.63. The lowest BCUT2D eigenvalue weighted by atomic mass is 10.0. The van der Waals surface area contributed by atoms with E-state index in [1.807, 2.05) is 29.2 Å². The second-order valence-electron chi connectivity index (χ2n) is 8.23. The van der Waals surface area contributed by atoms with Gasteiger partial charge in [-0.15, -0.1) is 0 Å². The van der Waals surface area contributed by atoms with E-state index in [2.05, 4.69) is 27.9 Å². The molecule has 0 spiro atoms. The first kappa shape index (κ1) is 21.7. The number of aryl methyl sites for hydroxylation is 2. The molecule has 0 unspecified atom stereocenters. The Hall–Kier alpha value is -3.48. The molecule has 1 aliphatic heterocycles. The van der Waals surface area contributed by atoms with E-state index in [0.29, 0.717) is 25.3 Å². The number of carbonyl (C=O) groups excluding carboxylic acids is 1. The van der Waals surface area contributed by atoms with Crippen molar-refractivity contribution in [3.05, 3.63) is 76.0 Å². The van der Waals surface area contributed by atoms with Gasteiger partial charge in [0, 0.05) is 49.5 Å². The number of benzene rings is 1. The van der Waals surface area contributed by atoms with Gasteiger partial charge >= 0.3 is 0 Å². The lowest BCUT2D eigenvalue weighted by molar-refractivity contribution is -0.130. The molecule has 1 fully saturated rings. The summed E-state index contributed by atoms with van der Waals surface area (Å²) in [5, 5.41) is 0. The molecule has 1 aliphatic rings. The Morgan fingerprint density at radius 2 is 2.03 bits per heavy atom. The van der Waals surface area contributed by atoms with Crippen LogP contribution in [0.5, 0.6) is 5.75 Å². The fourth-order valence-electron chi connectivity index (χ4n) is 4.22. The number of nitrogens with zero attached hydrogens (tertiary/aromatic N) is 3. The van der Waals surface area contributed by atoms with Gasteiger partial charge in [0.15, 0.2) is 0 Å². The van der Waals surface area contributed by atoms with Crippen LogP contribution >= 0.6 is 0 Å². The molecule has 2 aromatic heterocycles. The van der Waals surface area contributed by atoms with Gasteiger partial charge in [0.05, 0.1) is 12.8 Å². The second kappa shape index (κ2) is 9.77. The molecule has 7 nitrogen and oxygen atoms in total. The first-order valence-corrected chi connectivity index (χ1v) is 11.0. The molecule has 7 heteroatoms. The van der Waals surface area contributed by atoms with Crippen LogP contribution in [0.4, 0.5) is 0 Å². The Kier molecular flexibility index (Phi) is 6.63. The van der Waals surface area contributed by atoms with E-state index in [9.17, 15) is 9.59 Å². The maximum absolute atomic E-state index is 12.8. The highest BCUT2D eigenvalue weighted by atomic mass is 16.5. The van der Waals surface area contributed by atoms with Crippen LogP contribution in [-0.4, -0.2) is 46.0 Å². The molecular formula is C25H28N4O3. The zero-order chi connectivity index (χ0) is 22.5. The van der Waals surface area contributed by atoms with Crippen LogP contribution in [-0.2, 0) is 11.2 Å². The van der Waals surface area contributed by atoms with E-state index in [0.717, 1.165) is 36.3 Å². The molecule has 0 aliphatic carbocycles. The third-order valence-electron chi connectivity index (χ3n) is 6.06. The maximum Gasteiger partial charge on any atom is 0.251 e. The first-order chi connectivity index (χ1) is 15.5. The number of amides is 1. The number of rotatable bonds is 7. The summed E-state index contributed by atoms with van der Waals surface area (Å²) in [6, 6.07) is 11.2. The van der Waals surface area contributed by atoms with Crippen LogP contribution in [0.3, 0.4) is 0 Å². The summed E-state index contributed by atoms with van der Waals surface area (Å²) >= 11 is 0. The van der Waals surface area contributed by atoms with Crippen molar-refractivity contribution in [2.75, 3.05) is 20.2 Å². The van der Waals surface area contributed by atoms with Gasteiger partial charge in [0.25, 0.3) is 5.56 Å². The highest BCUT2D eigenvalue weighted by Gasteiger charge is 2.28. The van der Waals surface area contributed by atoms with Gasteiger partial charge in [-0.25, -0.2) is 4.98 Å². The average molecular weight is 433 g/mol. The third kappa shape index (κ3) is 5.04. The Labute approximate surface area is 187 Å². The Balaban J connectivity index is 1.35. The van der Waals surface area contributed by atoms with Crippen molar-refractivity contribution in [3.63, 3.8) is 0 Å². The summed E-state index contributed by atoms with van der Waals surface area (Å²) in [5.41, 5.74) is 3.81. The summed E-state index contributed by atoms with van der Waals surface area (Å²) in [6.45, 7) is 3.37. The number of H-pyrrole nitrogens is 1. The van der Waals surface area contributed by atoms with Crippen LogP contribution in [0.1, 0.15) is 42.0 Å². The molecular weight excluding hydrogens is 404 g/mol. The molecule has 0 radical (unpaired) electrons. The number of hydrogen-bond donors (Lipinski definition) is 1. The van der Waals surface area contributed by atoms with Crippen molar-refractivity contribution in [2.45, 2.75) is 38.5 Å². The normalized spacial score (nSPS) is 15.7. The van der Waals surface area contributed by atoms with Crippen molar-refractivity contribution in [3.8, 4) is 17.1 Å². The molecule has 0 bridgehead atoms. The van der Waals surface area contributed by atoms with Crippen LogP contribution in [0.2, 0.25) is 0 Å². The number of hydrogen-bond acceptors (Lipinski definition) is 5. The number of likely N-dealkylation sites (tertiary alicyclic amines) is 1. The monoisotopic (exact) mass is 432 g/mol. The highest BCUT2D eigenvalue weighted by Crippen LogP contribution is 2.27. The predicted octanol–water partition coefficient (Wildman–Crippen LogP) is 3.49. The maximum atomic E-state index is 12.8. The van der Waals surface area contributed by atoms with Crippen molar-refractivity contribution in [1.82, 2.24) is 19.9 Å². The third-order valence-corrected chi connectivity index (χ3v) is 6.06. The summed E-state index contributed by atoms with van der Waals surface area (Å²) in [6.07, 6.45) is 6.35. The molecule has 1 aromatic carbocycles. The van der Waals surface area contributed by atoms with Gasteiger partial charge in [0.1, 0.15) is 11.6 Å². The van der Waals surface area contributed by atoms with E-state index in [1.165, 1.54) is 11.1 Å². The fraction of sp³-hybridized carbons (Fsp3) is 0.360. The molecule has 32 heavy (non-hydrogen) atoms. The minimum atomic E-state index is -0.179. The van der Waals surface area contributed by atoms with E-state index in [1.54, 1.807) is 25.6 Å². The molecule has 3 aromatic rings. The van der Waals surface area contributed by atoms with Gasteiger partial charge < -0.3 is 14.6 Å². The first-order valence-electron chi connectivity index (χ1n) is 11.0. The van der Waals surface area contributed by atoms with Crippen LogP contribution in [0.15, 0.2) is 53.6 Å². The fourth-order valence-corrected chi connectivity index (χ4v) is 4.22. The SMILES string of the molecule is COc1ccc(CCCC(=O)N2CC[C@H](c3cc(=O)[nH]c(-c4ccncc4)n3)C2)c(C)c1. The number of aromatic amines is 1. The molecule has 1 N–H and O–H groups in total. The average Bonchev–Trinajstić information content (AvgIpc) is 3.31. The molecule has 166 valence electrons. The smallest absolute Gasteiger partial charge is 0.251 e. The van der Waals surface area contributed by atoms with Crippen molar-refractivity contribution in [1.29, 1.82) is 0 Å². The molecule has 3 heterocycles. The molecule has 4 rings (SSSR count). The number of aromatic nitrogens is 3. The Morgan fingerprint density at radius 3 is 2.78 bits per heavy atom. The molecule has 1 amide bonds. The Bertz CT molecular complexity index is 1140. The Morgan fingerprint density at radius 1 is 1.22 bits per heavy atom. The minimum absolute atomic E-state index is 0.0747. The number of carbonyl (C=O) groups is 1. The van der Waals surface area contributed by atoms with E-state index >= 15 is 0 Å². The molecule has 0 saturated carbocycles. The summed E-state index contributed by atoms with van der Waals surface area (Å²) in [4.78, 5) is 38.3. The van der Waals surface area contributed by atoms with E-state index < -0.39 is 0 Å². The predicted molar refractivity (Wildman–Crippen MR) is 123 cm³/mol. The van der Waals surface area contributed by atoms with Crippen molar-refractivity contribution < 1.29 is 9.53 Å². The lowest BCUT2D eigenvalue weighted by Gasteiger charge is -2.17. The number of nitrogens with one attached hydrogen (secondary N) is 1. The second-order valence-corrected chi connectivity index (χ2v) is 8.23. The largest absolute Gasteiger partial charge is 0.497 e.